The highest BCUT2D eigenvalue weighted by Crippen LogP contribution is 2.15. The van der Waals surface area contributed by atoms with Gasteiger partial charge in [0.1, 0.15) is 11.8 Å². The van der Waals surface area contributed by atoms with Gasteiger partial charge in [0.05, 0.1) is 30.6 Å². The number of aromatic hydroxyl groups is 1. The average Bonchev–Trinajstić information content (AvgIpc) is 2.78. The molecule has 2 rings (SSSR count). The molecule has 1 unspecified atom stereocenters. The summed E-state index contributed by atoms with van der Waals surface area (Å²) in [7, 11) is 4.33. The van der Waals surface area contributed by atoms with E-state index >= 15 is 0 Å². The third kappa shape index (κ3) is 7.61. The van der Waals surface area contributed by atoms with Crippen molar-refractivity contribution in [2.45, 2.75) is 32.7 Å². The Hall–Kier alpha value is -3.89. The minimum absolute atomic E-state index is 0.132. The predicted molar refractivity (Wildman–Crippen MR) is 127 cm³/mol. The van der Waals surface area contributed by atoms with Gasteiger partial charge in [-0.25, -0.2) is 19.6 Å². The number of amides is 3. The molecule has 0 fully saturated rings. The van der Waals surface area contributed by atoms with Crippen LogP contribution in [0.1, 0.15) is 33.7 Å². The van der Waals surface area contributed by atoms with Gasteiger partial charge in [-0.2, -0.15) is 0 Å². The molecule has 0 saturated heterocycles. The Balaban J connectivity index is 2.00. The summed E-state index contributed by atoms with van der Waals surface area (Å²) < 4.78 is 4.74. The number of anilines is 1. The van der Waals surface area contributed by atoms with Crippen LogP contribution in [0.25, 0.3) is 0 Å². The number of rotatable bonds is 10. The lowest BCUT2D eigenvalue weighted by Crippen LogP contribution is -2.50. The number of phenols is 1. The van der Waals surface area contributed by atoms with Crippen molar-refractivity contribution in [3.05, 3.63) is 46.8 Å². The van der Waals surface area contributed by atoms with Crippen molar-refractivity contribution in [1.82, 2.24) is 25.5 Å². The van der Waals surface area contributed by atoms with E-state index in [1.165, 1.54) is 12.0 Å². The van der Waals surface area contributed by atoms with Gasteiger partial charge in [-0.05, 0) is 44.4 Å². The fourth-order valence-corrected chi connectivity index (χ4v) is 3.24. The van der Waals surface area contributed by atoms with Crippen molar-refractivity contribution in [3.8, 4) is 5.75 Å². The number of aromatic nitrogens is 2. The van der Waals surface area contributed by atoms with Crippen LogP contribution in [0.15, 0.2) is 24.3 Å². The van der Waals surface area contributed by atoms with Crippen molar-refractivity contribution in [1.29, 1.82) is 0 Å². The Morgan fingerprint density at radius 2 is 1.82 bits per heavy atom. The molecule has 3 amide bonds. The molecule has 1 atom stereocenters. The summed E-state index contributed by atoms with van der Waals surface area (Å²) in [5.74, 6) is -0.595. The van der Waals surface area contributed by atoms with Crippen molar-refractivity contribution in [3.63, 3.8) is 0 Å². The zero-order chi connectivity index (χ0) is 25.3. The van der Waals surface area contributed by atoms with Gasteiger partial charge in [-0.3, -0.25) is 4.79 Å². The lowest BCUT2D eigenvalue weighted by atomic mass is 10.1. The molecule has 34 heavy (non-hydrogen) atoms. The molecule has 0 aliphatic rings. The number of esters is 1. The van der Waals surface area contributed by atoms with E-state index in [0.717, 1.165) is 18.4 Å². The number of benzene rings is 1. The summed E-state index contributed by atoms with van der Waals surface area (Å²) in [4.78, 5) is 46.8. The van der Waals surface area contributed by atoms with Gasteiger partial charge in [-0.1, -0.05) is 12.1 Å². The number of methoxy groups -OCH3 is 1. The molecule has 0 bridgehead atoms. The smallest absolute Gasteiger partial charge is 0.330 e. The molecule has 2 aromatic rings. The zero-order valence-corrected chi connectivity index (χ0v) is 20.1. The summed E-state index contributed by atoms with van der Waals surface area (Å²) in [6.07, 6.45) is 1.58. The Kier molecular flexibility index (Phi) is 9.60. The van der Waals surface area contributed by atoms with Crippen molar-refractivity contribution >= 4 is 23.9 Å². The maximum atomic E-state index is 12.9. The maximum absolute atomic E-state index is 12.9. The standard InChI is InChI=1S/C23H32N6O5/c1-14-19(20(31)28-18(21(32)34-5)13-25-23(33)29(3)4)15(2)27-22(26-14)24-11-7-9-16-8-6-10-17(30)12-16/h6,8,10,12,18,30H,7,9,11,13H2,1-5H3,(H,25,33)(H,28,31)(H,24,26,27). The number of phenolic OH excluding ortho intramolecular Hbond substituents is 1. The van der Waals surface area contributed by atoms with Crippen molar-refractivity contribution < 1.29 is 24.2 Å². The van der Waals surface area contributed by atoms with Crippen LogP contribution in [-0.4, -0.2) is 78.2 Å². The molecule has 1 aromatic carbocycles. The van der Waals surface area contributed by atoms with Crippen molar-refractivity contribution in [2.75, 3.05) is 39.6 Å². The Labute approximate surface area is 198 Å². The molecule has 11 nitrogen and oxygen atoms in total. The van der Waals surface area contributed by atoms with E-state index in [2.05, 4.69) is 25.9 Å². The van der Waals surface area contributed by atoms with Gasteiger partial charge in [0.2, 0.25) is 5.95 Å². The molecule has 1 heterocycles. The summed E-state index contributed by atoms with van der Waals surface area (Å²) in [5, 5.41) is 17.8. The first-order valence-corrected chi connectivity index (χ1v) is 10.8. The highest BCUT2D eigenvalue weighted by Gasteiger charge is 2.25. The number of urea groups is 1. The van der Waals surface area contributed by atoms with Crippen LogP contribution in [0.4, 0.5) is 10.7 Å². The number of hydrogen-bond donors (Lipinski definition) is 4. The Morgan fingerprint density at radius 3 is 2.41 bits per heavy atom. The van der Waals surface area contributed by atoms with Gasteiger partial charge in [0.15, 0.2) is 0 Å². The van der Waals surface area contributed by atoms with Crippen LogP contribution in [0.2, 0.25) is 0 Å². The normalized spacial score (nSPS) is 11.3. The average molecular weight is 473 g/mol. The molecule has 1 aromatic heterocycles. The number of aryl methyl sites for hydroxylation is 3. The molecular weight excluding hydrogens is 440 g/mol. The first kappa shape index (κ1) is 26.4. The number of carbonyl (C=O) groups excluding carboxylic acids is 3. The van der Waals surface area contributed by atoms with E-state index < -0.39 is 23.9 Å². The zero-order valence-electron chi connectivity index (χ0n) is 20.1. The van der Waals surface area contributed by atoms with Crippen molar-refractivity contribution in [2.24, 2.45) is 0 Å². The Morgan fingerprint density at radius 1 is 1.15 bits per heavy atom. The van der Waals surface area contributed by atoms with E-state index in [0.29, 0.717) is 23.9 Å². The molecule has 0 spiro atoms. The highest BCUT2D eigenvalue weighted by atomic mass is 16.5. The molecular formula is C23H32N6O5. The van der Waals surface area contributed by atoms with Gasteiger partial charge in [0, 0.05) is 20.6 Å². The monoisotopic (exact) mass is 472 g/mol. The summed E-state index contributed by atoms with van der Waals surface area (Å²) in [6, 6.07) is 5.63. The van der Waals surface area contributed by atoms with Crippen LogP contribution < -0.4 is 16.0 Å². The van der Waals surface area contributed by atoms with Gasteiger partial charge >= 0.3 is 12.0 Å². The largest absolute Gasteiger partial charge is 0.508 e. The second-order valence-electron chi connectivity index (χ2n) is 7.92. The van der Waals surface area contributed by atoms with Gasteiger partial charge in [-0.15, -0.1) is 0 Å². The number of hydrogen-bond acceptors (Lipinski definition) is 8. The minimum Gasteiger partial charge on any atom is -0.508 e. The van der Waals surface area contributed by atoms with Gasteiger partial charge < -0.3 is 30.7 Å². The summed E-state index contributed by atoms with van der Waals surface area (Å²) in [5.41, 5.74) is 2.17. The van der Waals surface area contributed by atoms with Gasteiger partial charge in [0.25, 0.3) is 5.91 Å². The maximum Gasteiger partial charge on any atom is 0.330 e. The molecule has 0 aliphatic heterocycles. The summed E-state index contributed by atoms with van der Waals surface area (Å²) in [6.45, 7) is 3.84. The minimum atomic E-state index is -1.07. The van der Waals surface area contributed by atoms with E-state index in [-0.39, 0.29) is 17.9 Å². The highest BCUT2D eigenvalue weighted by molar-refractivity contribution is 5.98. The Bertz CT molecular complexity index is 1000. The number of nitrogens with zero attached hydrogens (tertiary/aromatic N) is 3. The summed E-state index contributed by atoms with van der Waals surface area (Å²) >= 11 is 0. The van der Waals surface area contributed by atoms with Crippen LogP contribution in [0, 0.1) is 13.8 Å². The first-order valence-electron chi connectivity index (χ1n) is 10.8. The third-order valence-corrected chi connectivity index (χ3v) is 4.99. The molecule has 0 saturated carbocycles. The quantitative estimate of drug-likeness (QED) is 0.300. The SMILES string of the molecule is COC(=O)C(CNC(=O)N(C)C)NC(=O)c1c(C)nc(NCCCc2cccc(O)c2)nc1C. The van der Waals surface area contributed by atoms with Crippen LogP contribution in [0.3, 0.4) is 0 Å². The molecule has 0 radical (unpaired) electrons. The molecule has 4 N–H and O–H groups in total. The van der Waals surface area contributed by atoms with E-state index in [9.17, 15) is 19.5 Å². The molecule has 11 heteroatoms. The van der Waals surface area contributed by atoms with E-state index in [1.54, 1.807) is 46.1 Å². The predicted octanol–water partition coefficient (Wildman–Crippen LogP) is 1.39. The lowest BCUT2D eigenvalue weighted by Gasteiger charge is -2.20. The first-order chi connectivity index (χ1) is 16.1. The number of carbonyl (C=O) groups is 3. The molecule has 0 aliphatic carbocycles. The fourth-order valence-electron chi connectivity index (χ4n) is 3.24. The lowest BCUT2D eigenvalue weighted by molar-refractivity contribution is -0.142. The fraction of sp³-hybridized carbons (Fsp3) is 0.435. The second kappa shape index (κ2) is 12.4. The van der Waals surface area contributed by atoms with E-state index in [1.807, 2.05) is 6.07 Å². The topological polar surface area (TPSA) is 146 Å². The van der Waals surface area contributed by atoms with Crippen LogP contribution >= 0.6 is 0 Å². The second-order valence-corrected chi connectivity index (χ2v) is 7.92. The number of ether oxygens (including phenoxy) is 1. The third-order valence-electron chi connectivity index (χ3n) is 4.99. The van der Waals surface area contributed by atoms with E-state index in [4.69, 9.17) is 4.74 Å². The number of nitrogens with one attached hydrogen (secondary N) is 3. The van der Waals surface area contributed by atoms with Crippen LogP contribution in [0.5, 0.6) is 5.75 Å². The van der Waals surface area contributed by atoms with Crippen LogP contribution in [-0.2, 0) is 16.0 Å². The molecule has 184 valence electrons.